The lowest BCUT2D eigenvalue weighted by Crippen LogP contribution is -2.39. The molecule has 1 amide bonds. The van der Waals surface area contributed by atoms with Crippen LogP contribution >= 0.6 is 0 Å². The van der Waals surface area contributed by atoms with E-state index in [-0.39, 0.29) is 11.9 Å². The highest BCUT2D eigenvalue weighted by atomic mass is 16.5. The summed E-state index contributed by atoms with van der Waals surface area (Å²) in [5.41, 5.74) is 1.48. The van der Waals surface area contributed by atoms with Crippen molar-refractivity contribution < 1.29 is 13.9 Å². The van der Waals surface area contributed by atoms with Crippen molar-refractivity contribution in [3.8, 4) is 11.3 Å². The molecule has 1 aromatic carbocycles. The first-order valence-electron chi connectivity index (χ1n) is 7.15. The van der Waals surface area contributed by atoms with Crippen LogP contribution in [0.5, 0.6) is 0 Å². The van der Waals surface area contributed by atoms with Gasteiger partial charge in [-0.15, -0.1) is 0 Å². The molecule has 0 radical (unpaired) electrons. The number of hydrogen-bond donors (Lipinski definition) is 0. The molecule has 110 valence electrons. The Morgan fingerprint density at radius 1 is 1.29 bits per heavy atom. The van der Waals surface area contributed by atoms with Crippen molar-refractivity contribution in [3.05, 3.63) is 42.5 Å². The van der Waals surface area contributed by atoms with Crippen LogP contribution in [0.25, 0.3) is 11.3 Å². The maximum absolute atomic E-state index is 12.8. The van der Waals surface area contributed by atoms with Crippen molar-refractivity contribution in [2.45, 2.75) is 19.4 Å². The normalized spacial score (nSPS) is 19.3. The summed E-state index contributed by atoms with van der Waals surface area (Å²) < 4.78 is 10.8. The molecule has 5 nitrogen and oxygen atoms in total. The number of amides is 1. The minimum Gasteiger partial charge on any atom is -0.438 e. The van der Waals surface area contributed by atoms with Gasteiger partial charge in [-0.05, 0) is 13.3 Å². The minimum atomic E-state index is -0.121. The van der Waals surface area contributed by atoms with Gasteiger partial charge in [0.05, 0.1) is 6.61 Å². The van der Waals surface area contributed by atoms with Crippen molar-refractivity contribution in [1.82, 2.24) is 9.88 Å². The standard InChI is InChI=1S/C16H18N2O3/c1-12-7-9-20-10-8-18(12)16(19)15-14(17-11-21-15)13-5-3-2-4-6-13/h2-6,11-12H,7-10H2,1H3. The van der Waals surface area contributed by atoms with Crippen LogP contribution in [-0.4, -0.2) is 41.6 Å². The number of rotatable bonds is 2. The molecule has 1 aromatic heterocycles. The second-order valence-corrected chi connectivity index (χ2v) is 5.14. The number of hydrogen-bond acceptors (Lipinski definition) is 4. The van der Waals surface area contributed by atoms with Gasteiger partial charge in [0, 0.05) is 24.8 Å². The number of carbonyl (C=O) groups excluding carboxylic acids is 1. The molecule has 1 aliphatic rings. The number of ether oxygens (including phenoxy) is 1. The average Bonchev–Trinajstić information content (AvgIpc) is 2.91. The van der Waals surface area contributed by atoms with Crippen LogP contribution in [0, 0.1) is 0 Å². The third kappa shape index (κ3) is 2.83. The number of benzene rings is 1. The molecule has 0 bridgehead atoms. The zero-order valence-electron chi connectivity index (χ0n) is 12.0. The highest BCUT2D eigenvalue weighted by Gasteiger charge is 2.28. The van der Waals surface area contributed by atoms with Gasteiger partial charge in [-0.1, -0.05) is 30.3 Å². The van der Waals surface area contributed by atoms with Crippen LogP contribution < -0.4 is 0 Å². The predicted molar refractivity (Wildman–Crippen MR) is 77.9 cm³/mol. The number of aromatic nitrogens is 1. The Labute approximate surface area is 123 Å². The van der Waals surface area contributed by atoms with Crippen molar-refractivity contribution >= 4 is 5.91 Å². The molecule has 3 rings (SSSR count). The molecule has 0 saturated carbocycles. The van der Waals surface area contributed by atoms with E-state index in [9.17, 15) is 4.79 Å². The molecule has 0 aliphatic carbocycles. The van der Waals surface area contributed by atoms with Gasteiger partial charge in [0.1, 0.15) is 5.69 Å². The van der Waals surface area contributed by atoms with Crippen LogP contribution in [-0.2, 0) is 4.74 Å². The molecule has 0 N–H and O–H groups in total. The zero-order valence-corrected chi connectivity index (χ0v) is 12.0. The minimum absolute atomic E-state index is 0.121. The second-order valence-electron chi connectivity index (χ2n) is 5.14. The van der Waals surface area contributed by atoms with Crippen LogP contribution in [0.3, 0.4) is 0 Å². The predicted octanol–water partition coefficient (Wildman–Crippen LogP) is 2.59. The molecule has 1 aliphatic heterocycles. The van der Waals surface area contributed by atoms with E-state index in [1.54, 1.807) is 4.90 Å². The Hall–Kier alpha value is -2.14. The van der Waals surface area contributed by atoms with Gasteiger partial charge in [-0.3, -0.25) is 4.79 Å². The first kappa shape index (κ1) is 13.8. The van der Waals surface area contributed by atoms with Crippen LogP contribution in [0.4, 0.5) is 0 Å². The maximum atomic E-state index is 12.8. The summed E-state index contributed by atoms with van der Waals surface area (Å²) in [4.78, 5) is 18.8. The highest BCUT2D eigenvalue weighted by Crippen LogP contribution is 2.24. The molecule has 5 heteroatoms. The van der Waals surface area contributed by atoms with E-state index in [4.69, 9.17) is 9.15 Å². The molecule has 1 atom stereocenters. The first-order chi connectivity index (χ1) is 10.3. The van der Waals surface area contributed by atoms with E-state index in [1.807, 2.05) is 37.3 Å². The summed E-state index contributed by atoms with van der Waals surface area (Å²) in [7, 11) is 0. The third-order valence-electron chi connectivity index (χ3n) is 3.76. The molecule has 21 heavy (non-hydrogen) atoms. The second kappa shape index (κ2) is 6.10. The van der Waals surface area contributed by atoms with Gasteiger partial charge in [0.25, 0.3) is 5.91 Å². The number of oxazole rings is 1. The Morgan fingerprint density at radius 2 is 2.10 bits per heavy atom. The van der Waals surface area contributed by atoms with Crippen LogP contribution in [0.1, 0.15) is 23.9 Å². The highest BCUT2D eigenvalue weighted by molar-refractivity contribution is 5.97. The fourth-order valence-corrected chi connectivity index (χ4v) is 2.53. The largest absolute Gasteiger partial charge is 0.438 e. The summed E-state index contributed by atoms with van der Waals surface area (Å²) in [6, 6.07) is 9.74. The summed E-state index contributed by atoms with van der Waals surface area (Å²) in [5.74, 6) is 0.180. The quantitative estimate of drug-likeness (QED) is 0.851. The molecule has 1 unspecified atom stereocenters. The molecule has 2 aromatic rings. The van der Waals surface area contributed by atoms with Crippen molar-refractivity contribution in [2.75, 3.05) is 19.8 Å². The van der Waals surface area contributed by atoms with Crippen LogP contribution in [0.15, 0.2) is 41.1 Å². The Morgan fingerprint density at radius 3 is 2.90 bits per heavy atom. The summed E-state index contributed by atoms with van der Waals surface area (Å²) in [6.45, 7) is 3.86. The molecule has 0 spiro atoms. The lowest BCUT2D eigenvalue weighted by molar-refractivity contribution is 0.0656. The number of nitrogens with zero attached hydrogens (tertiary/aromatic N) is 2. The van der Waals surface area contributed by atoms with Crippen LogP contribution in [0.2, 0.25) is 0 Å². The van der Waals surface area contributed by atoms with Gasteiger partial charge in [0.15, 0.2) is 6.39 Å². The lowest BCUT2D eigenvalue weighted by atomic mass is 10.1. The Balaban J connectivity index is 1.90. The Kier molecular flexibility index (Phi) is 4.01. The van der Waals surface area contributed by atoms with Crippen molar-refractivity contribution in [2.24, 2.45) is 0 Å². The molecule has 1 fully saturated rings. The maximum Gasteiger partial charge on any atom is 0.292 e. The topological polar surface area (TPSA) is 55.6 Å². The first-order valence-corrected chi connectivity index (χ1v) is 7.15. The van der Waals surface area contributed by atoms with E-state index in [1.165, 1.54) is 6.39 Å². The molecule has 2 heterocycles. The molecular weight excluding hydrogens is 268 g/mol. The van der Waals surface area contributed by atoms with E-state index >= 15 is 0 Å². The molecule has 1 saturated heterocycles. The molecular formula is C16H18N2O3. The summed E-state index contributed by atoms with van der Waals surface area (Å²) in [6.07, 6.45) is 2.16. The summed E-state index contributed by atoms with van der Waals surface area (Å²) in [5, 5.41) is 0. The van der Waals surface area contributed by atoms with E-state index in [2.05, 4.69) is 4.98 Å². The van der Waals surface area contributed by atoms with Gasteiger partial charge < -0.3 is 14.1 Å². The SMILES string of the molecule is CC1CCOCCN1C(=O)c1ocnc1-c1ccccc1. The van der Waals surface area contributed by atoms with Gasteiger partial charge in [-0.2, -0.15) is 0 Å². The zero-order chi connectivity index (χ0) is 14.7. The van der Waals surface area contributed by atoms with Crippen molar-refractivity contribution in [1.29, 1.82) is 0 Å². The average molecular weight is 286 g/mol. The van der Waals surface area contributed by atoms with Gasteiger partial charge in [-0.25, -0.2) is 4.98 Å². The fourth-order valence-electron chi connectivity index (χ4n) is 2.53. The smallest absolute Gasteiger partial charge is 0.292 e. The summed E-state index contributed by atoms with van der Waals surface area (Å²) >= 11 is 0. The van der Waals surface area contributed by atoms with Gasteiger partial charge in [0.2, 0.25) is 5.76 Å². The van der Waals surface area contributed by atoms with E-state index in [0.717, 1.165) is 12.0 Å². The Bertz CT molecular complexity index is 609. The lowest BCUT2D eigenvalue weighted by Gasteiger charge is -2.25. The van der Waals surface area contributed by atoms with E-state index < -0.39 is 0 Å². The third-order valence-corrected chi connectivity index (χ3v) is 3.76. The van der Waals surface area contributed by atoms with Crippen molar-refractivity contribution in [3.63, 3.8) is 0 Å². The van der Waals surface area contributed by atoms with Gasteiger partial charge >= 0.3 is 0 Å². The van der Waals surface area contributed by atoms with E-state index in [0.29, 0.717) is 31.2 Å². The fraction of sp³-hybridized carbons (Fsp3) is 0.375. The monoisotopic (exact) mass is 286 g/mol. The number of carbonyl (C=O) groups is 1.